The van der Waals surface area contributed by atoms with Crippen LogP contribution in [0.25, 0.3) is 0 Å². The standard InChI is InChI=1S/C16H32N4O/c1-7-20(9-10-21-8-2)14(11-17)13-12-19(6)18-15(13)16(3,4)5/h12,14H,7-11,17H2,1-6H3. The number of aromatic nitrogens is 2. The number of hydrogen-bond acceptors (Lipinski definition) is 4. The molecule has 0 amide bonds. The Morgan fingerprint density at radius 2 is 2.05 bits per heavy atom. The van der Waals surface area contributed by atoms with Gasteiger partial charge >= 0.3 is 0 Å². The molecule has 0 saturated heterocycles. The van der Waals surface area contributed by atoms with Crippen LogP contribution in [-0.2, 0) is 17.2 Å². The number of nitrogens with two attached hydrogens (primary N) is 1. The highest BCUT2D eigenvalue weighted by Crippen LogP contribution is 2.30. The van der Waals surface area contributed by atoms with Gasteiger partial charge in [-0.25, -0.2) is 0 Å². The molecule has 1 heterocycles. The van der Waals surface area contributed by atoms with Crippen molar-refractivity contribution >= 4 is 0 Å². The van der Waals surface area contributed by atoms with Crippen molar-refractivity contribution in [2.24, 2.45) is 12.8 Å². The van der Waals surface area contributed by atoms with Gasteiger partial charge in [0.15, 0.2) is 0 Å². The molecule has 122 valence electrons. The van der Waals surface area contributed by atoms with Gasteiger partial charge in [-0.2, -0.15) is 5.10 Å². The molecule has 0 aliphatic carbocycles. The van der Waals surface area contributed by atoms with Gasteiger partial charge in [0.05, 0.1) is 18.3 Å². The maximum Gasteiger partial charge on any atom is 0.0726 e. The summed E-state index contributed by atoms with van der Waals surface area (Å²) in [5, 5.41) is 4.67. The SMILES string of the molecule is CCOCCN(CC)C(CN)c1cn(C)nc1C(C)(C)C. The van der Waals surface area contributed by atoms with Crippen molar-refractivity contribution in [3.05, 3.63) is 17.5 Å². The summed E-state index contributed by atoms with van der Waals surface area (Å²) < 4.78 is 7.39. The Morgan fingerprint density at radius 3 is 2.52 bits per heavy atom. The number of ether oxygens (including phenoxy) is 1. The first-order chi connectivity index (χ1) is 9.85. The van der Waals surface area contributed by atoms with E-state index in [2.05, 4.69) is 43.9 Å². The van der Waals surface area contributed by atoms with Crippen LogP contribution in [0.15, 0.2) is 6.20 Å². The number of nitrogens with zero attached hydrogens (tertiary/aromatic N) is 3. The fourth-order valence-electron chi connectivity index (χ4n) is 2.67. The summed E-state index contributed by atoms with van der Waals surface area (Å²) in [5.41, 5.74) is 8.48. The van der Waals surface area contributed by atoms with Crippen LogP contribution in [0.5, 0.6) is 0 Å². The van der Waals surface area contributed by atoms with Crippen LogP contribution in [0.2, 0.25) is 0 Å². The van der Waals surface area contributed by atoms with Crippen LogP contribution in [0.4, 0.5) is 0 Å². The third-order valence-corrected chi connectivity index (χ3v) is 3.72. The van der Waals surface area contributed by atoms with Gasteiger partial charge < -0.3 is 10.5 Å². The van der Waals surface area contributed by atoms with E-state index < -0.39 is 0 Å². The highest BCUT2D eigenvalue weighted by atomic mass is 16.5. The van der Waals surface area contributed by atoms with E-state index in [1.807, 2.05) is 18.7 Å². The summed E-state index contributed by atoms with van der Waals surface area (Å²) >= 11 is 0. The quantitative estimate of drug-likeness (QED) is 0.746. The van der Waals surface area contributed by atoms with Gasteiger partial charge in [0.1, 0.15) is 0 Å². The number of hydrogen-bond donors (Lipinski definition) is 1. The summed E-state index contributed by atoms with van der Waals surface area (Å²) in [6, 6.07) is 0.193. The molecule has 0 aliphatic rings. The zero-order chi connectivity index (χ0) is 16.0. The lowest BCUT2D eigenvalue weighted by atomic mass is 9.87. The molecule has 0 radical (unpaired) electrons. The molecule has 0 saturated carbocycles. The molecular formula is C16H32N4O. The Hall–Kier alpha value is -0.910. The first kappa shape index (κ1) is 18.1. The van der Waals surface area contributed by atoms with Crippen LogP contribution >= 0.6 is 0 Å². The third-order valence-electron chi connectivity index (χ3n) is 3.72. The van der Waals surface area contributed by atoms with E-state index in [0.717, 1.165) is 32.0 Å². The van der Waals surface area contributed by atoms with Gasteiger partial charge in [0, 0.05) is 43.9 Å². The fraction of sp³-hybridized carbons (Fsp3) is 0.812. The molecule has 0 aromatic carbocycles. The van der Waals surface area contributed by atoms with E-state index in [0.29, 0.717) is 6.54 Å². The molecule has 0 bridgehead atoms. The molecule has 1 aromatic heterocycles. The van der Waals surface area contributed by atoms with Crippen LogP contribution in [0.1, 0.15) is 51.9 Å². The highest BCUT2D eigenvalue weighted by Gasteiger charge is 2.28. The maximum absolute atomic E-state index is 6.09. The Labute approximate surface area is 129 Å². The van der Waals surface area contributed by atoms with E-state index in [4.69, 9.17) is 10.5 Å². The number of rotatable bonds is 8. The summed E-state index contributed by atoms with van der Waals surface area (Å²) in [5.74, 6) is 0. The second kappa shape index (κ2) is 7.92. The van der Waals surface area contributed by atoms with Crippen molar-refractivity contribution in [1.82, 2.24) is 14.7 Å². The van der Waals surface area contributed by atoms with E-state index in [1.54, 1.807) is 0 Å². The molecule has 1 aromatic rings. The van der Waals surface area contributed by atoms with Gasteiger partial charge in [0.25, 0.3) is 0 Å². The van der Waals surface area contributed by atoms with E-state index in [-0.39, 0.29) is 11.5 Å². The molecule has 0 aliphatic heterocycles. The van der Waals surface area contributed by atoms with Crippen LogP contribution in [0, 0.1) is 0 Å². The van der Waals surface area contributed by atoms with E-state index >= 15 is 0 Å². The molecule has 2 N–H and O–H groups in total. The van der Waals surface area contributed by atoms with E-state index in [9.17, 15) is 0 Å². The van der Waals surface area contributed by atoms with Crippen molar-refractivity contribution < 1.29 is 4.74 Å². The van der Waals surface area contributed by atoms with Gasteiger partial charge in [0.2, 0.25) is 0 Å². The molecule has 0 spiro atoms. The molecule has 1 unspecified atom stereocenters. The zero-order valence-electron chi connectivity index (χ0n) is 14.5. The Balaban J connectivity index is 3.02. The van der Waals surface area contributed by atoms with Crippen molar-refractivity contribution in [2.75, 3.05) is 32.8 Å². The fourth-order valence-corrected chi connectivity index (χ4v) is 2.67. The predicted octanol–water partition coefficient (Wildman–Crippen LogP) is 2.08. The zero-order valence-corrected chi connectivity index (χ0v) is 14.5. The summed E-state index contributed by atoms with van der Waals surface area (Å²) in [4.78, 5) is 2.38. The minimum atomic E-state index is 0.0172. The van der Waals surface area contributed by atoms with Crippen LogP contribution in [-0.4, -0.2) is 47.5 Å². The summed E-state index contributed by atoms with van der Waals surface area (Å²) in [6.45, 7) is 14.7. The normalized spacial score (nSPS) is 13.9. The monoisotopic (exact) mass is 296 g/mol. The Morgan fingerprint density at radius 1 is 1.38 bits per heavy atom. The van der Waals surface area contributed by atoms with Gasteiger partial charge in [-0.3, -0.25) is 9.58 Å². The minimum absolute atomic E-state index is 0.0172. The lowest BCUT2D eigenvalue weighted by molar-refractivity contribution is 0.0976. The molecule has 0 fully saturated rings. The average Bonchev–Trinajstić information content (AvgIpc) is 2.80. The largest absolute Gasteiger partial charge is 0.380 e. The molecule has 5 nitrogen and oxygen atoms in total. The first-order valence-electron chi connectivity index (χ1n) is 7.91. The maximum atomic E-state index is 6.09. The minimum Gasteiger partial charge on any atom is -0.380 e. The van der Waals surface area contributed by atoms with Gasteiger partial charge in [-0.15, -0.1) is 0 Å². The van der Waals surface area contributed by atoms with Crippen molar-refractivity contribution in [2.45, 2.75) is 46.1 Å². The Kier molecular flexibility index (Phi) is 6.84. The number of likely N-dealkylation sites (N-methyl/N-ethyl adjacent to an activating group) is 1. The Bertz CT molecular complexity index is 422. The summed E-state index contributed by atoms with van der Waals surface area (Å²) in [6.07, 6.45) is 2.11. The lowest BCUT2D eigenvalue weighted by Gasteiger charge is -2.31. The summed E-state index contributed by atoms with van der Waals surface area (Å²) in [7, 11) is 1.97. The van der Waals surface area contributed by atoms with Crippen molar-refractivity contribution in [3.8, 4) is 0 Å². The first-order valence-corrected chi connectivity index (χ1v) is 7.91. The van der Waals surface area contributed by atoms with Crippen LogP contribution < -0.4 is 5.73 Å². The topological polar surface area (TPSA) is 56.3 Å². The molecule has 1 atom stereocenters. The number of aryl methyl sites for hydroxylation is 1. The van der Waals surface area contributed by atoms with Crippen molar-refractivity contribution in [1.29, 1.82) is 0 Å². The molecular weight excluding hydrogens is 264 g/mol. The second-order valence-corrected chi connectivity index (χ2v) is 6.43. The average molecular weight is 296 g/mol. The smallest absolute Gasteiger partial charge is 0.0726 e. The van der Waals surface area contributed by atoms with Crippen molar-refractivity contribution in [3.63, 3.8) is 0 Å². The predicted molar refractivity (Wildman–Crippen MR) is 87.4 cm³/mol. The molecule has 1 rings (SSSR count). The third kappa shape index (κ3) is 4.80. The lowest BCUT2D eigenvalue weighted by Crippen LogP contribution is -2.37. The highest BCUT2D eigenvalue weighted by molar-refractivity contribution is 5.28. The molecule has 21 heavy (non-hydrogen) atoms. The molecule has 5 heteroatoms. The van der Waals surface area contributed by atoms with E-state index in [1.165, 1.54) is 5.56 Å². The second-order valence-electron chi connectivity index (χ2n) is 6.43. The van der Waals surface area contributed by atoms with Gasteiger partial charge in [-0.05, 0) is 13.5 Å². The van der Waals surface area contributed by atoms with Gasteiger partial charge in [-0.1, -0.05) is 27.7 Å². The van der Waals surface area contributed by atoms with Crippen LogP contribution in [0.3, 0.4) is 0 Å².